The molecule has 1 aromatic carbocycles. The molecule has 2 amide bonds. The molecular formula is C35H51N5O5S. The van der Waals surface area contributed by atoms with Gasteiger partial charge in [-0.15, -0.1) is 11.3 Å². The van der Waals surface area contributed by atoms with Crippen LogP contribution in [-0.2, 0) is 16.1 Å². The Labute approximate surface area is 277 Å². The fourth-order valence-electron chi connectivity index (χ4n) is 6.09. The summed E-state index contributed by atoms with van der Waals surface area (Å²) in [6, 6.07) is 7.02. The highest BCUT2D eigenvalue weighted by atomic mass is 32.1. The summed E-state index contributed by atoms with van der Waals surface area (Å²) in [5, 5.41) is 17.5. The number of aryl methyl sites for hydroxylation is 2. The normalized spacial score (nSPS) is 17.1. The number of carbonyl (C=O) groups excluding carboxylic acids is 2. The Bertz CT molecular complexity index is 1410. The molecule has 46 heavy (non-hydrogen) atoms. The lowest BCUT2D eigenvalue weighted by Gasteiger charge is -2.28. The lowest BCUT2D eigenvalue weighted by molar-refractivity contribution is -0.141. The summed E-state index contributed by atoms with van der Waals surface area (Å²) in [6.45, 7) is 9.37. The lowest BCUT2D eigenvalue weighted by atomic mass is 9.91. The summed E-state index contributed by atoms with van der Waals surface area (Å²) in [5.74, 6) is -0.0256. The average Bonchev–Trinajstić information content (AvgIpc) is 3.76. The van der Waals surface area contributed by atoms with Gasteiger partial charge >= 0.3 is 0 Å². The van der Waals surface area contributed by atoms with E-state index in [0.717, 1.165) is 53.3 Å². The maximum atomic E-state index is 13.8. The number of nitrogens with zero attached hydrogens (tertiary/aromatic N) is 3. The number of hydrogen-bond acceptors (Lipinski definition) is 9. The summed E-state index contributed by atoms with van der Waals surface area (Å²) in [7, 11) is 0. The zero-order valence-electron chi connectivity index (χ0n) is 27.8. The molecule has 4 N–H and O–H groups in total. The molecule has 10 nitrogen and oxygen atoms in total. The standard InChI is InChI=1S/C35H51N5O5S/c1-23(2)32(31-17-24(3)39-45-31)35(43)40-21-28(41)19-29(40)34(42)37-20-27-14-13-26(33-25(4)38-22-46-33)18-30(27)44-16-12-10-8-6-5-7-9-11-15-36/h13-14,17-18,22-23,28-29,32,41H,5-12,15-16,19-21,36H2,1-4H3,(H,37,42)/t28-,29+,32?/m1/s1. The number of aliphatic hydroxyl groups is 1. The van der Waals surface area contributed by atoms with Crippen LogP contribution < -0.4 is 15.8 Å². The van der Waals surface area contributed by atoms with Crippen molar-refractivity contribution in [3.63, 3.8) is 0 Å². The third-order valence-electron chi connectivity index (χ3n) is 8.63. The fourth-order valence-corrected chi connectivity index (χ4v) is 6.90. The molecule has 3 heterocycles. The van der Waals surface area contributed by atoms with Crippen molar-refractivity contribution in [3.8, 4) is 16.2 Å². The van der Waals surface area contributed by atoms with E-state index in [1.54, 1.807) is 24.3 Å². The predicted octanol–water partition coefficient (Wildman–Crippen LogP) is 5.89. The molecular weight excluding hydrogens is 602 g/mol. The second-order valence-electron chi connectivity index (χ2n) is 12.8. The number of ether oxygens (including phenoxy) is 1. The van der Waals surface area contributed by atoms with Gasteiger partial charge in [0.2, 0.25) is 11.8 Å². The van der Waals surface area contributed by atoms with Crippen LogP contribution in [0.4, 0.5) is 0 Å². The summed E-state index contributed by atoms with van der Waals surface area (Å²) < 4.78 is 11.8. The summed E-state index contributed by atoms with van der Waals surface area (Å²) in [4.78, 5) is 34.3. The molecule has 1 aliphatic heterocycles. The molecule has 1 saturated heterocycles. The monoisotopic (exact) mass is 653 g/mol. The number of benzene rings is 1. The first-order valence-corrected chi connectivity index (χ1v) is 17.6. The molecule has 2 aromatic heterocycles. The van der Waals surface area contributed by atoms with E-state index in [1.165, 1.54) is 37.0 Å². The van der Waals surface area contributed by atoms with E-state index in [1.807, 2.05) is 44.5 Å². The van der Waals surface area contributed by atoms with Gasteiger partial charge < -0.3 is 30.3 Å². The number of likely N-dealkylation sites (tertiary alicyclic amines) is 1. The topological polar surface area (TPSA) is 144 Å². The Morgan fingerprint density at radius 1 is 1.11 bits per heavy atom. The largest absolute Gasteiger partial charge is 0.493 e. The number of rotatable bonds is 18. The minimum absolute atomic E-state index is 0.0805. The van der Waals surface area contributed by atoms with Crippen LogP contribution in [0.15, 0.2) is 34.3 Å². The molecule has 1 aliphatic rings. The second kappa shape index (κ2) is 17.6. The van der Waals surface area contributed by atoms with E-state index >= 15 is 0 Å². The van der Waals surface area contributed by atoms with E-state index < -0.39 is 18.1 Å². The minimum Gasteiger partial charge on any atom is -0.493 e. The van der Waals surface area contributed by atoms with Crippen molar-refractivity contribution in [2.45, 2.75) is 110 Å². The molecule has 4 rings (SSSR count). The Kier molecular flexibility index (Phi) is 13.6. The van der Waals surface area contributed by atoms with Crippen LogP contribution in [0.1, 0.15) is 100 Å². The zero-order valence-corrected chi connectivity index (χ0v) is 28.6. The highest BCUT2D eigenvalue weighted by Crippen LogP contribution is 2.33. The second-order valence-corrected chi connectivity index (χ2v) is 13.6. The number of aromatic nitrogens is 2. The average molecular weight is 654 g/mol. The van der Waals surface area contributed by atoms with Gasteiger partial charge in [0.25, 0.3) is 0 Å². The van der Waals surface area contributed by atoms with E-state index in [2.05, 4.69) is 15.5 Å². The van der Waals surface area contributed by atoms with Crippen LogP contribution in [0, 0.1) is 19.8 Å². The molecule has 0 saturated carbocycles. The smallest absolute Gasteiger partial charge is 0.243 e. The number of carbonyl (C=O) groups is 2. The number of β-amino-alcohol motifs (C(OH)–C–C–N with tert-alkyl or cyclic N) is 1. The molecule has 3 aromatic rings. The van der Waals surface area contributed by atoms with Crippen LogP contribution in [0.25, 0.3) is 10.4 Å². The van der Waals surface area contributed by atoms with Crippen molar-refractivity contribution in [1.29, 1.82) is 0 Å². The number of unbranched alkanes of at least 4 members (excludes halogenated alkanes) is 7. The first kappa shape index (κ1) is 35.6. The lowest BCUT2D eigenvalue weighted by Crippen LogP contribution is -2.48. The van der Waals surface area contributed by atoms with Crippen LogP contribution in [0.3, 0.4) is 0 Å². The third-order valence-corrected chi connectivity index (χ3v) is 9.61. The summed E-state index contributed by atoms with van der Waals surface area (Å²) >= 11 is 1.59. The fraction of sp³-hybridized carbons (Fsp3) is 0.600. The van der Waals surface area contributed by atoms with Gasteiger partial charge in [0, 0.05) is 31.1 Å². The molecule has 0 radical (unpaired) electrons. The number of hydrogen-bond donors (Lipinski definition) is 3. The molecule has 0 aliphatic carbocycles. The van der Waals surface area contributed by atoms with Gasteiger partial charge in [0.15, 0.2) is 0 Å². The minimum atomic E-state index is -0.786. The van der Waals surface area contributed by atoms with E-state index in [4.69, 9.17) is 15.0 Å². The highest BCUT2D eigenvalue weighted by Gasteiger charge is 2.43. The molecule has 11 heteroatoms. The SMILES string of the molecule is Cc1cc(C(C(=O)N2C[C@H](O)C[C@H]2C(=O)NCc2ccc(-c3scnc3C)cc2OCCCCCCCCCCN)C(C)C)on1. The number of nitrogens with two attached hydrogens (primary N) is 1. The maximum Gasteiger partial charge on any atom is 0.243 e. The van der Waals surface area contributed by atoms with Crippen molar-refractivity contribution < 1.29 is 24.0 Å². The van der Waals surface area contributed by atoms with Gasteiger partial charge in [-0.05, 0) is 50.8 Å². The third kappa shape index (κ3) is 9.62. The van der Waals surface area contributed by atoms with Crippen molar-refractivity contribution in [2.75, 3.05) is 19.7 Å². The van der Waals surface area contributed by atoms with Gasteiger partial charge in [-0.2, -0.15) is 0 Å². The van der Waals surface area contributed by atoms with Crippen LogP contribution in [0.5, 0.6) is 5.75 Å². The Morgan fingerprint density at radius 2 is 1.83 bits per heavy atom. The van der Waals surface area contributed by atoms with Crippen molar-refractivity contribution in [2.24, 2.45) is 11.7 Å². The van der Waals surface area contributed by atoms with Crippen LogP contribution in [0.2, 0.25) is 0 Å². The van der Waals surface area contributed by atoms with Crippen LogP contribution in [-0.4, -0.2) is 63.8 Å². The van der Waals surface area contributed by atoms with Gasteiger partial charge in [0.1, 0.15) is 23.5 Å². The molecule has 0 spiro atoms. The van der Waals surface area contributed by atoms with Gasteiger partial charge in [0.05, 0.1) is 34.5 Å². The van der Waals surface area contributed by atoms with Gasteiger partial charge in [-0.1, -0.05) is 69.7 Å². The molecule has 1 fully saturated rings. The number of thiazole rings is 1. The van der Waals surface area contributed by atoms with E-state index in [9.17, 15) is 14.7 Å². The van der Waals surface area contributed by atoms with Crippen molar-refractivity contribution in [1.82, 2.24) is 20.4 Å². The first-order chi connectivity index (χ1) is 22.2. The Balaban J connectivity index is 1.40. The molecule has 252 valence electrons. The van der Waals surface area contributed by atoms with Crippen molar-refractivity contribution >= 4 is 23.2 Å². The number of amides is 2. The highest BCUT2D eigenvalue weighted by molar-refractivity contribution is 7.13. The van der Waals surface area contributed by atoms with Crippen molar-refractivity contribution in [3.05, 3.63) is 52.5 Å². The first-order valence-electron chi connectivity index (χ1n) is 16.7. The Morgan fingerprint density at radius 3 is 2.46 bits per heavy atom. The van der Waals surface area contributed by atoms with Crippen LogP contribution >= 0.6 is 11.3 Å². The van der Waals surface area contributed by atoms with E-state index in [0.29, 0.717) is 18.1 Å². The molecule has 0 bridgehead atoms. The van der Waals surface area contributed by atoms with E-state index in [-0.39, 0.29) is 37.2 Å². The molecule has 1 unspecified atom stereocenters. The quantitative estimate of drug-likeness (QED) is 0.144. The zero-order chi connectivity index (χ0) is 33.1. The van der Waals surface area contributed by atoms with Gasteiger partial charge in [-0.3, -0.25) is 9.59 Å². The van der Waals surface area contributed by atoms with Gasteiger partial charge in [-0.25, -0.2) is 4.98 Å². The molecule has 3 atom stereocenters. The Hall–Kier alpha value is -3.28. The summed E-state index contributed by atoms with van der Waals surface area (Å²) in [6.07, 6.45) is 8.69. The number of nitrogens with one attached hydrogen (secondary N) is 1. The number of aliphatic hydroxyl groups excluding tert-OH is 1. The maximum absolute atomic E-state index is 13.8. The predicted molar refractivity (Wildman–Crippen MR) is 181 cm³/mol. The summed E-state index contributed by atoms with van der Waals surface area (Å²) in [5.41, 5.74) is 11.0.